The van der Waals surface area contributed by atoms with Gasteiger partial charge in [0, 0.05) is 6.54 Å². The first-order chi connectivity index (χ1) is 12.4. The van der Waals surface area contributed by atoms with Crippen molar-refractivity contribution in [1.82, 2.24) is 10.6 Å². The Kier molecular flexibility index (Phi) is 6.04. The third-order valence-electron chi connectivity index (χ3n) is 3.20. The SMILES string of the molecule is CCNC(=O)CNC(=O)c1ccccc1NC(=O)c1ccc([N+](=O)[O-])o1. The summed E-state index contributed by atoms with van der Waals surface area (Å²) < 4.78 is 4.82. The zero-order valence-corrected chi connectivity index (χ0v) is 13.8. The average molecular weight is 360 g/mol. The van der Waals surface area contributed by atoms with Crippen molar-refractivity contribution in [3.05, 3.63) is 57.8 Å². The van der Waals surface area contributed by atoms with Crippen molar-refractivity contribution in [2.24, 2.45) is 0 Å². The molecule has 0 fully saturated rings. The van der Waals surface area contributed by atoms with Crippen LogP contribution >= 0.6 is 0 Å². The maximum atomic E-state index is 12.2. The van der Waals surface area contributed by atoms with Gasteiger partial charge in [-0.05, 0) is 25.1 Å². The number of carbonyl (C=O) groups excluding carboxylic acids is 3. The topological polar surface area (TPSA) is 144 Å². The fourth-order valence-electron chi connectivity index (χ4n) is 2.04. The Bertz CT molecular complexity index is 845. The second-order valence-electron chi connectivity index (χ2n) is 5.03. The van der Waals surface area contributed by atoms with Gasteiger partial charge in [-0.25, -0.2) is 0 Å². The van der Waals surface area contributed by atoms with Crippen LogP contribution in [0.15, 0.2) is 40.8 Å². The lowest BCUT2D eigenvalue weighted by Crippen LogP contribution is -2.37. The van der Waals surface area contributed by atoms with E-state index in [4.69, 9.17) is 4.42 Å². The smallest absolute Gasteiger partial charge is 0.395 e. The summed E-state index contributed by atoms with van der Waals surface area (Å²) in [7, 11) is 0. The molecule has 1 aromatic carbocycles. The number of nitrogens with zero attached hydrogens (tertiary/aromatic N) is 1. The van der Waals surface area contributed by atoms with Gasteiger partial charge in [-0.15, -0.1) is 0 Å². The van der Waals surface area contributed by atoms with Crippen LogP contribution in [0.25, 0.3) is 0 Å². The number of nitrogens with one attached hydrogen (secondary N) is 3. The Labute approximate surface area is 147 Å². The highest BCUT2D eigenvalue weighted by Gasteiger charge is 2.19. The Morgan fingerprint density at radius 2 is 1.81 bits per heavy atom. The zero-order valence-electron chi connectivity index (χ0n) is 13.8. The van der Waals surface area contributed by atoms with Crippen LogP contribution in [-0.4, -0.2) is 35.7 Å². The summed E-state index contributed by atoms with van der Waals surface area (Å²) in [6.45, 7) is 1.99. The van der Waals surface area contributed by atoms with Gasteiger partial charge >= 0.3 is 5.88 Å². The second kappa shape index (κ2) is 8.42. The number of rotatable bonds is 7. The van der Waals surface area contributed by atoms with Gasteiger partial charge in [0.2, 0.25) is 5.91 Å². The number of amides is 3. The van der Waals surface area contributed by atoms with Gasteiger partial charge in [0.25, 0.3) is 11.8 Å². The maximum Gasteiger partial charge on any atom is 0.433 e. The minimum Gasteiger partial charge on any atom is -0.395 e. The van der Waals surface area contributed by atoms with Crippen LogP contribution in [0.1, 0.15) is 27.8 Å². The predicted molar refractivity (Wildman–Crippen MR) is 90.8 cm³/mol. The van der Waals surface area contributed by atoms with Crippen LogP contribution in [-0.2, 0) is 4.79 Å². The van der Waals surface area contributed by atoms with Crippen molar-refractivity contribution in [1.29, 1.82) is 0 Å². The van der Waals surface area contributed by atoms with Gasteiger partial charge in [0.15, 0.2) is 5.76 Å². The highest BCUT2D eigenvalue weighted by atomic mass is 16.6. The molecule has 10 nitrogen and oxygen atoms in total. The Morgan fingerprint density at radius 3 is 2.46 bits per heavy atom. The van der Waals surface area contributed by atoms with Crippen molar-refractivity contribution in [2.45, 2.75) is 6.92 Å². The molecule has 1 heterocycles. The molecule has 0 aliphatic carbocycles. The zero-order chi connectivity index (χ0) is 19.1. The van der Waals surface area contributed by atoms with E-state index in [1.54, 1.807) is 19.1 Å². The third kappa shape index (κ3) is 4.66. The van der Waals surface area contributed by atoms with E-state index >= 15 is 0 Å². The number of carbonyl (C=O) groups is 3. The lowest BCUT2D eigenvalue weighted by molar-refractivity contribution is -0.402. The monoisotopic (exact) mass is 360 g/mol. The van der Waals surface area contributed by atoms with E-state index in [1.807, 2.05) is 0 Å². The molecule has 0 saturated heterocycles. The number of hydrogen-bond acceptors (Lipinski definition) is 6. The van der Waals surface area contributed by atoms with Gasteiger partial charge < -0.3 is 20.4 Å². The van der Waals surface area contributed by atoms with Gasteiger partial charge in [-0.3, -0.25) is 24.5 Å². The number of para-hydroxylation sites is 1. The van der Waals surface area contributed by atoms with Crippen molar-refractivity contribution < 1.29 is 23.7 Å². The molecule has 0 radical (unpaired) electrons. The molecule has 0 saturated carbocycles. The molecule has 0 spiro atoms. The molecular weight excluding hydrogens is 344 g/mol. The lowest BCUT2D eigenvalue weighted by Gasteiger charge is -2.10. The summed E-state index contributed by atoms with van der Waals surface area (Å²) in [5.74, 6) is -2.48. The molecule has 0 unspecified atom stereocenters. The lowest BCUT2D eigenvalue weighted by atomic mass is 10.1. The molecule has 2 aromatic rings. The summed E-state index contributed by atoms with van der Waals surface area (Å²) in [6, 6.07) is 8.35. The molecular formula is C16H16N4O6. The fourth-order valence-corrected chi connectivity index (χ4v) is 2.04. The first-order valence-electron chi connectivity index (χ1n) is 7.62. The molecule has 0 atom stereocenters. The van der Waals surface area contributed by atoms with Crippen LogP contribution in [0.5, 0.6) is 0 Å². The third-order valence-corrected chi connectivity index (χ3v) is 3.20. The van der Waals surface area contributed by atoms with E-state index in [1.165, 1.54) is 12.1 Å². The molecule has 2 rings (SSSR count). The number of anilines is 1. The minimum atomic E-state index is -0.764. The average Bonchev–Trinajstić information content (AvgIpc) is 3.11. The first-order valence-corrected chi connectivity index (χ1v) is 7.62. The van der Waals surface area contributed by atoms with Crippen LogP contribution in [0, 0.1) is 10.1 Å². The van der Waals surface area contributed by atoms with Crippen LogP contribution in [0.4, 0.5) is 11.6 Å². The molecule has 0 bridgehead atoms. The molecule has 0 aliphatic rings. The number of furan rings is 1. The quantitative estimate of drug-likeness (QED) is 0.501. The van der Waals surface area contributed by atoms with Crippen LogP contribution in [0.2, 0.25) is 0 Å². The first kappa shape index (κ1) is 18.6. The normalized spacial score (nSPS) is 10.0. The van der Waals surface area contributed by atoms with E-state index in [0.29, 0.717) is 6.54 Å². The minimum absolute atomic E-state index is 0.131. The Morgan fingerprint density at radius 1 is 1.08 bits per heavy atom. The fraction of sp³-hybridized carbons (Fsp3) is 0.188. The van der Waals surface area contributed by atoms with Gasteiger partial charge in [0.05, 0.1) is 23.9 Å². The molecule has 136 valence electrons. The molecule has 10 heteroatoms. The summed E-state index contributed by atoms with van der Waals surface area (Å²) in [5, 5.41) is 18.0. The van der Waals surface area contributed by atoms with Crippen LogP contribution < -0.4 is 16.0 Å². The van der Waals surface area contributed by atoms with Crippen LogP contribution in [0.3, 0.4) is 0 Å². The molecule has 3 N–H and O–H groups in total. The maximum absolute atomic E-state index is 12.2. The highest BCUT2D eigenvalue weighted by molar-refractivity contribution is 6.08. The summed E-state index contributed by atoms with van der Waals surface area (Å²) in [4.78, 5) is 45.6. The molecule has 1 aromatic heterocycles. The molecule has 3 amide bonds. The van der Waals surface area contributed by atoms with E-state index < -0.39 is 22.6 Å². The molecule has 26 heavy (non-hydrogen) atoms. The summed E-state index contributed by atoms with van der Waals surface area (Å²) >= 11 is 0. The Hall–Kier alpha value is -3.69. The van der Waals surface area contributed by atoms with E-state index in [9.17, 15) is 24.5 Å². The van der Waals surface area contributed by atoms with Crippen molar-refractivity contribution in [3.63, 3.8) is 0 Å². The summed E-state index contributed by atoms with van der Waals surface area (Å²) in [6.07, 6.45) is 0. The largest absolute Gasteiger partial charge is 0.433 e. The van der Waals surface area contributed by atoms with Crippen molar-refractivity contribution in [3.8, 4) is 0 Å². The number of benzene rings is 1. The number of hydrogen-bond donors (Lipinski definition) is 3. The molecule has 0 aliphatic heterocycles. The number of nitro groups is 1. The van der Waals surface area contributed by atoms with Gasteiger partial charge in [0.1, 0.15) is 4.92 Å². The van der Waals surface area contributed by atoms with E-state index in [0.717, 1.165) is 12.1 Å². The Balaban J connectivity index is 2.10. The summed E-state index contributed by atoms with van der Waals surface area (Å²) in [5.41, 5.74) is 0.302. The van der Waals surface area contributed by atoms with Crippen molar-refractivity contribution >= 4 is 29.3 Å². The van der Waals surface area contributed by atoms with Gasteiger partial charge in [-0.1, -0.05) is 12.1 Å². The van der Waals surface area contributed by atoms with E-state index in [-0.39, 0.29) is 29.5 Å². The van der Waals surface area contributed by atoms with Crippen molar-refractivity contribution in [2.75, 3.05) is 18.4 Å². The standard InChI is InChI=1S/C16H16N4O6/c1-2-17-13(21)9-18-15(22)10-5-3-4-6-11(10)19-16(23)12-7-8-14(26-12)20(24)25/h3-8H,2,9H2,1H3,(H,17,21)(H,18,22)(H,19,23). The second-order valence-corrected chi connectivity index (χ2v) is 5.03. The number of likely N-dealkylation sites (N-methyl/N-ethyl adjacent to an activating group) is 1. The highest BCUT2D eigenvalue weighted by Crippen LogP contribution is 2.19. The van der Waals surface area contributed by atoms with E-state index in [2.05, 4.69) is 16.0 Å². The predicted octanol–water partition coefficient (Wildman–Crippen LogP) is 1.31. The van der Waals surface area contributed by atoms with Gasteiger partial charge in [-0.2, -0.15) is 0 Å².